The molecule has 3 heterocycles. The number of piperidine rings is 1. The van der Waals surface area contributed by atoms with Crippen molar-refractivity contribution in [3.8, 4) is 5.75 Å². The van der Waals surface area contributed by atoms with Gasteiger partial charge < -0.3 is 14.4 Å². The minimum Gasteiger partial charge on any atom is -0.480 e. The Morgan fingerprint density at radius 2 is 1.67 bits per heavy atom. The van der Waals surface area contributed by atoms with Crippen LogP contribution in [0.25, 0.3) is 0 Å². The Morgan fingerprint density at radius 1 is 1.03 bits per heavy atom. The zero-order valence-corrected chi connectivity index (χ0v) is 19.0. The van der Waals surface area contributed by atoms with Gasteiger partial charge in [0.1, 0.15) is 5.75 Å². The van der Waals surface area contributed by atoms with Gasteiger partial charge in [-0.05, 0) is 50.8 Å². The first-order chi connectivity index (χ1) is 14.2. The Bertz CT molecular complexity index is 900. The van der Waals surface area contributed by atoms with E-state index < -0.39 is 16.1 Å². The number of sulfonamides is 1. The van der Waals surface area contributed by atoms with Crippen LogP contribution in [-0.2, 0) is 19.6 Å². The smallest absolute Gasteiger partial charge is 0.264 e. The minimum atomic E-state index is -3.54. The average Bonchev–Trinajstić information content (AvgIpc) is 3.03. The summed E-state index contributed by atoms with van der Waals surface area (Å²) < 4.78 is 39.6. The number of morpholine rings is 1. The van der Waals surface area contributed by atoms with Crippen LogP contribution in [0, 0.1) is 5.92 Å². The van der Waals surface area contributed by atoms with E-state index in [1.54, 1.807) is 27.4 Å². The molecule has 3 aliphatic rings. The van der Waals surface area contributed by atoms with Gasteiger partial charge >= 0.3 is 0 Å². The van der Waals surface area contributed by atoms with Crippen LogP contribution in [-0.4, -0.2) is 68.0 Å². The van der Waals surface area contributed by atoms with Crippen molar-refractivity contribution in [1.82, 2.24) is 9.21 Å². The van der Waals surface area contributed by atoms with Crippen molar-refractivity contribution in [3.05, 3.63) is 23.8 Å². The molecule has 3 aliphatic heterocycles. The van der Waals surface area contributed by atoms with Crippen LogP contribution < -0.4 is 4.74 Å². The summed E-state index contributed by atoms with van der Waals surface area (Å²) in [4.78, 5) is 15.2. The quantitative estimate of drug-likeness (QED) is 0.728. The molecule has 7 nitrogen and oxygen atoms in total. The summed E-state index contributed by atoms with van der Waals surface area (Å²) in [5.41, 5.74) is 0.786. The molecule has 2 fully saturated rings. The number of carbonyl (C=O) groups excluding carboxylic acids is 1. The Labute approximate surface area is 179 Å². The third-order valence-corrected chi connectivity index (χ3v) is 8.43. The number of carbonyl (C=O) groups is 1. The lowest BCUT2D eigenvalue weighted by molar-refractivity contribution is -0.150. The first kappa shape index (κ1) is 21.6. The Morgan fingerprint density at radius 3 is 2.30 bits per heavy atom. The molecule has 0 radical (unpaired) electrons. The van der Waals surface area contributed by atoms with Crippen LogP contribution in [0.4, 0.5) is 0 Å². The van der Waals surface area contributed by atoms with Crippen molar-refractivity contribution in [2.75, 3.05) is 26.2 Å². The summed E-state index contributed by atoms with van der Waals surface area (Å²) in [6.45, 7) is 10.2. The molecule has 0 saturated carbocycles. The van der Waals surface area contributed by atoms with Gasteiger partial charge in [0.15, 0.2) is 6.10 Å². The molecule has 4 rings (SSSR count). The minimum absolute atomic E-state index is 0.0132. The molecular formula is C22H32N2O5S. The van der Waals surface area contributed by atoms with Gasteiger partial charge in [0.05, 0.1) is 17.1 Å². The number of benzene rings is 1. The van der Waals surface area contributed by atoms with Crippen molar-refractivity contribution in [2.45, 2.75) is 69.7 Å². The van der Waals surface area contributed by atoms with E-state index in [4.69, 9.17) is 9.47 Å². The highest BCUT2D eigenvalue weighted by Crippen LogP contribution is 2.40. The van der Waals surface area contributed by atoms with Crippen LogP contribution in [0.3, 0.4) is 0 Å². The van der Waals surface area contributed by atoms with Gasteiger partial charge in [-0.3, -0.25) is 4.79 Å². The third-order valence-electron chi connectivity index (χ3n) is 6.53. The summed E-state index contributed by atoms with van der Waals surface area (Å²) in [5, 5.41) is 0. The van der Waals surface area contributed by atoms with Crippen molar-refractivity contribution in [3.63, 3.8) is 0 Å². The van der Waals surface area contributed by atoms with Crippen molar-refractivity contribution >= 4 is 15.9 Å². The first-order valence-electron chi connectivity index (χ1n) is 10.9. The largest absolute Gasteiger partial charge is 0.480 e. The van der Waals surface area contributed by atoms with Gasteiger partial charge in [-0.15, -0.1) is 0 Å². The highest BCUT2D eigenvalue weighted by atomic mass is 32.2. The van der Waals surface area contributed by atoms with Crippen LogP contribution in [0.1, 0.15) is 52.0 Å². The van der Waals surface area contributed by atoms with Crippen LogP contribution in [0.15, 0.2) is 23.1 Å². The topological polar surface area (TPSA) is 76.2 Å². The number of hydrogen-bond acceptors (Lipinski definition) is 5. The predicted molar refractivity (Wildman–Crippen MR) is 113 cm³/mol. The van der Waals surface area contributed by atoms with Crippen LogP contribution >= 0.6 is 0 Å². The second-order valence-corrected chi connectivity index (χ2v) is 11.1. The van der Waals surface area contributed by atoms with E-state index in [1.807, 2.05) is 20.8 Å². The number of fused-ring (bicyclic) bond motifs is 1. The molecule has 1 aromatic rings. The number of hydrogen-bond donors (Lipinski definition) is 0. The molecule has 0 N–H and O–H groups in total. The summed E-state index contributed by atoms with van der Waals surface area (Å²) in [6.07, 6.45) is 1.11. The lowest BCUT2D eigenvalue weighted by Gasteiger charge is -2.36. The van der Waals surface area contributed by atoms with E-state index in [9.17, 15) is 13.2 Å². The molecule has 1 aromatic carbocycles. The fourth-order valence-corrected chi connectivity index (χ4v) is 6.23. The fourth-order valence-electron chi connectivity index (χ4n) is 4.73. The monoisotopic (exact) mass is 436 g/mol. The third kappa shape index (κ3) is 3.97. The maximum atomic E-state index is 13.1. The summed E-state index contributed by atoms with van der Waals surface area (Å²) >= 11 is 0. The maximum Gasteiger partial charge on any atom is 0.264 e. The molecule has 0 aliphatic carbocycles. The summed E-state index contributed by atoms with van der Waals surface area (Å²) in [6, 6.07) is 5.00. The Kier molecular flexibility index (Phi) is 5.85. The molecule has 30 heavy (non-hydrogen) atoms. The number of nitrogens with zero attached hydrogens (tertiary/aromatic N) is 2. The normalized spacial score (nSPS) is 30.7. The molecule has 4 unspecified atom stereocenters. The Balaban J connectivity index is 1.53. The standard InChI is InChI=1S/C22H32N2O5S/c1-14-7-9-24(10-8-14)30(26,27)18-5-6-20-19(11-18)17(4)21(29-20)22(25)23-12-15(2)28-16(3)13-23/h5-6,11,14-17,21H,7-10,12-13H2,1-4H3. The van der Waals surface area contributed by atoms with Crippen molar-refractivity contribution < 1.29 is 22.7 Å². The van der Waals surface area contributed by atoms with E-state index in [-0.39, 0.29) is 28.9 Å². The van der Waals surface area contributed by atoms with Gasteiger partial charge in [0.2, 0.25) is 10.0 Å². The predicted octanol–water partition coefficient (Wildman–Crippen LogP) is 2.61. The molecule has 8 heteroatoms. The average molecular weight is 437 g/mol. The fraction of sp³-hybridized carbons (Fsp3) is 0.682. The first-order valence-corrected chi connectivity index (χ1v) is 12.4. The maximum absolute atomic E-state index is 13.1. The van der Waals surface area contributed by atoms with Crippen molar-refractivity contribution in [2.24, 2.45) is 5.92 Å². The molecular weight excluding hydrogens is 404 g/mol. The molecule has 0 spiro atoms. The molecule has 0 bridgehead atoms. The molecule has 166 valence electrons. The van der Waals surface area contributed by atoms with Gasteiger partial charge in [0, 0.05) is 37.7 Å². The number of ether oxygens (including phenoxy) is 2. The number of amides is 1. The second-order valence-electron chi connectivity index (χ2n) is 9.11. The molecule has 1 amide bonds. The lowest BCUT2D eigenvalue weighted by Crippen LogP contribution is -2.52. The van der Waals surface area contributed by atoms with Gasteiger partial charge in [0.25, 0.3) is 5.91 Å². The van der Waals surface area contributed by atoms with E-state index in [2.05, 4.69) is 6.92 Å². The number of rotatable bonds is 3. The van der Waals surface area contributed by atoms with E-state index >= 15 is 0 Å². The highest BCUT2D eigenvalue weighted by Gasteiger charge is 2.41. The summed E-state index contributed by atoms with van der Waals surface area (Å²) in [5.74, 6) is 0.885. The lowest BCUT2D eigenvalue weighted by atomic mass is 9.96. The summed E-state index contributed by atoms with van der Waals surface area (Å²) in [7, 11) is -3.54. The zero-order chi connectivity index (χ0) is 21.6. The van der Waals surface area contributed by atoms with E-state index in [0.717, 1.165) is 18.4 Å². The zero-order valence-electron chi connectivity index (χ0n) is 18.2. The van der Waals surface area contributed by atoms with Gasteiger partial charge in [-0.2, -0.15) is 4.31 Å². The molecule has 4 atom stereocenters. The molecule has 2 saturated heterocycles. The van der Waals surface area contributed by atoms with Crippen LogP contribution in [0.2, 0.25) is 0 Å². The van der Waals surface area contributed by atoms with E-state index in [0.29, 0.717) is 37.8 Å². The SMILES string of the molecule is CC1CCN(S(=O)(=O)c2ccc3c(c2)C(C)C(C(=O)N2CC(C)OC(C)C2)O3)CC1. The van der Waals surface area contributed by atoms with Crippen molar-refractivity contribution in [1.29, 1.82) is 0 Å². The Hall–Kier alpha value is -1.64. The van der Waals surface area contributed by atoms with Crippen LogP contribution in [0.5, 0.6) is 5.75 Å². The van der Waals surface area contributed by atoms with E-state index in [1.165, 1.54) is 0 Å². The highest BCUT2D eigenvalue weighted by molar-refractivity contribution is 7.89. The molecule has 0 aromatic heterocycles. The second kappa shape index (κ2) is 8.13. The van der Waals surface area contributed by atoms with Gasteiger partial charge in [-0.1, -0.05) is 13.8 Å². The van der Waals surface area contributed by atoms with Gasteiger partial charge in [-0.25, -0.2) is 8.42 Å².